The van der Waals surface area contributed by atoms with Gasteiger partial charge in [0.15, 0.2) is 0 Å². The zero-order chi connectivity index (χ0) is 40.3. The fourth-order valence-electron chi connectivity index (χ4n) is 6.21. The second kappa shape index (κ2) is 42.2. The fraction of sp³-hybridized carbons (Fsp3) is 0.673. The number of carbonyl (C=O) groups excluding carboxylic acids is 2. The number of unbranched alkanes of at least 4 members (excludes halogenated alkanes) is 17. The van der Waals surface area contributed by atoms with E-state index in [2.05, 4.69) is 50.4 Å². The smallest absolute Gasteiger partial charge is 0.306 e. The van der Waals surface area contributed by atoms with E-state index >= 15 is 0 Å². The van der Waals surface area contributed by atoms with Gasteiger partial charge in [-0.25, -0.2) is 0 Å². The van der Waals surface area contributed by atoms with E-state index < -0.39 is 18.2 Å². The first-order chi connectivity index (χ1) is 27.0. The summed E-state index contributed by atoms with van der Waals surface area (Å²) >= 11 is 0. The lowest BCUT2D eigenvalue weighted by molar-refractivity contribution is -0.151. The van der Waals surface area contributed by atoms with E-state index in [1.54, 1.807) is 0 Å². The summed E-state index contributed by atoms with van der Waals surface area (Å²) in [4.78, 5) is 25.9. The molecule has 0 spiro atoms. The van der Waals surface area contributed by atoms with Gasteiger partial charge in [-0.05, 0) is 57.8 Å². The Balaban J connectivity index is 4.82. The zero-order valence-corrected chi connectivity index (χ0v) is 35.5. The SMILES string of the molecule is CC\C=C/C=C/C=C/C=C\C=C\C=C\CCCC(CC(=O)NC(CO)C(O)CCCCCCCCCCCC)OC(=O)CCCCCCC/C=C\CCCC. The number of esters is 1. The third kappa shape index (κ3) is 37.7. The summed E-state index contributed by atoms with van der Waals surface area (Å²) in [5.41, 5.74) is 0. The van der Waals surface area contributed by atoms with Crippen LogP contribution in [0.5, 0.6) is 0 Å². The molecule has 0 aliphatic carbocycles. The van der Waals surface area contributed by atoms with E-state index in [9.17, 15) is 19.8 Å². The maximum Gasteiger partial charge on any atom is 0.306 e. The van der Waals surface area contributed by atoms with Crippen molar-refractivity contribution < 1.29 is 24.5 Å². The Bertz CT molecular complexity index is 1080. The van der Waals surface area contributed by atoms with Gasteiger partial charge < -0.3 is 20.3 Å². The predicted molar refractivity (Wildman–Crippen MR) is 236 cm³/mol. The first kappa shape index (κ1) is 52.0. The largest absolute Gasteiger partial charge is 0.462 e. The number of aliphatic hydroxyl groups excluding tert-OH is 2. The number of rotatable bonds is 38. The van der Waals surface area contributed by atoms with Gasteiger partial charge in [0, 0.05) is 6.42 Å². The number of hydrogen-bond acceptors (Lipinski definition) is 5. The number of allylic oxidation sites excluding steroid dienone is 14. The highest BCUT2D eigenvalue weighted by atomic mass is 16.5. The minimum absolute atomic E-state index is 0.0188. The van der Waals surface area contributed by atoms with Gasteiger partial charge in [-0.2, -0.15) is 0 Å². The Hall–Kier alpha value is -2.96. The Morgan fingerprint density at radius 2 is 1.04 bits per heavy atom. The van der Waals surface area contributed by atoms with Crippen LogP contribution in [0.2, 0.25) is 0 Å². The number of hydrogen-bond donors (Lipinski definition) is 3. The second-order valence-electron chi connectivity index (χ2n) is 14.9. The number of nitrogens with one attached hydrogen (secondary N) is 1. The van der Waals surface area contributed by atoms with Gasteiger partial charge in [0.2, 0.25) is 5.91 Å². The molecule has 0 rings (SSSR count). The lowest BCUT2D eigenvalue weighted by atomic mass is 10.0. The molecule has 0 aromatic carbocycles. The molecule has 3 atom stereocenters. The van der Waals surface area contributed by atoms with Gasteiger partial charge in [0.05, 0.1) is 25.2 Å². The van der Waals surface area contributed by atoms with Crippen LogP contribution in [0.1, 0.15) is 188 Å². The molecule has 1 amide bonds. The molecule has 55 heavy (non-hydrogen) atoms. The lowest BCUT2D eigenvalue weighted by Gasteiger charge is -2.24. The van der Waals surface area contributed by atoms with Crippen molar-refractivity contribution in [2.24, 2.45) is 0 Å². The maximum absolute atomic E-state index is 13.1. The van der Waals surface area contributed by atoms with E-state index in [1.807, 2.05) is 60.8 Å². The normalized spacial score (nSPS) is 14.2. The summed E-state index contributed by atoms with van der Waals surface area (Å²) < 4.78 is 5.85. The molecule has 6 nitrogen and oxygen atoms in total. The van der Waals surface area contributed by atoms with Crippen LogP contribution in [0.25, 0.3) is 0 Å². The third-order valence-electron chi connectivity index (χ3n) is 9.62. The number of aliphatic hydroxyl groups is 2. The summed E-state index contributed by atoms with van der Waals surface area (Å²) in [6.07, 6.45) is 53.6. The van der Waals surface area contributed by atoms with Crippen molar-refractivity contribution in [1.29, 1.82) is 0 Å². The minimum atomic E-state index is -0.810. The van der Waals surface area contributed by atoms with Gasteiger partial charge in [-0.3, -0.25) is 9.59 Å². The molecule has 0 aromatic rings. The average molecular weight is 766 g/mol. The van der Waals surface area contributed by atoms with E-state index in [-0.39, 0.29) is 24.9 Å². The first-order valence-corrected chi connectivity index (χ1v) is 22.4. The zero-order valence-electron chi connectivity index (χ0n) is 35.5. The van der Waals surface area contributed by atoms with Crippen molar-refractivity contribution in [3.8, 4) is 0 Å². The van der Waals surface area contributed by atoms with Crippen molar-refractivity contribution >= 4 is 11.9 Å². The molecule has 0 heterocycles. The van der Waals surface area contributed by atoms with Crippen LogP contribution >= 0.6 is 0 Å². The average Bonchev–Trinajstić information content (AvgIpc) is 3.18. The van der Waals surface area contributed by atoms with Gasteiger partial charge in [0.25, 0.3) is 0 Å². The molecule has 0 fully saturated rings. The minimum Gasteiger partial charge on any atom is -0.462 e. The number of carbonyl (C=O) groups is 2. The van der Waals surface area contributed by atoms with E-state index in [4.69, 9.17) is 4.74 Å². The molecular weight excluding hydrogens is 683 g/mol. The lowest BCUT2D eigenvalue weighted by Crippen LogP contribution is -2.46. The molecule has 3 unspecified atom stereocenters. The summed E-state index contributed by atoms with van der Waals surface area (Å²) in [6, 6.07) is -0.729. The highest BCUT2D eigenvalue weighted by molar-refractivity contribution is 5.77. The van der Waals surface area contributed by atoms with Crippen LogP contribution in [0, 0.1) is 0 Å². The summed E-state index contributed by atoms with van der Waals surface area (Å²) in [6.45, 7) is 6.23. The van der Waals surface area contributed by atoms with Crippen molar-refractivity contribution in [3.05, 3.63) is 85.1 Å². The highest BCUT2D eigenvalue weighted by Gasteiger charge is 2.24. The summed E-state index contributed by atoms with van der Waals surface area (Å²) in [7, 11) is 0. The quantitative estimate of drug-likeness (QED) is 0.0252. The van der Waals surface area contributed by atoms with Crippen LogP contribution in [0.4, 0.5) is 0 Å². The number of ether oxygens (including phenoxy) is 1. The Morgan fingerprint density at radius 3 is 1.62 bits per heavy atom. The molecule has 0 bridgehead atoms. The molecule has 0 aliphatic heterocycles. The van der Waals surface area contributed by atoms with Gasteiger partial charge in [0.1, 0.15) is 6.10 Å². The van der Waals surface area contributed by atoms with Crippen LogP contribution in [-0.2, 0) is 14.3 Å². The molecule has 0 saturated heterocycles. The van der Waals surface area contributed by atoms with Crippen molar-refractivity contribution in [3.63, 3.8) is 0 Å². The van der Waals surface area contributed by atoms with Crippen molar-refractivity contribution in [1.82, 2.24) is 5.32 Å². The van der Waals surface area contributed by atoms with Gasteiger partial charge in [-0.15, -0.1) is 0 Å². The van der Waals surface area contributed by atoms with Crippen LogP contribution < -0.4 is 5.32 Å². The third-order valence-corrected chi connectivity index (χ3v) is 9.62. The molecule has 0 saturated carbocycles. The summed E-state index contributed by atoms with van der Waals surface area (Å²) in [5, 5.41) is 23.6. The molecule has 0 aromatic heterocycles. The number of amides is 1. The highest BCUT2D eigenvalue weighted by Crippen LogP contribution is 2.16. The summed E-state index contributed by atoms with van der Waals surface area (Å²) in [5.74, 6) is -0.571. The Kier molecular flexibility index (Phi) is 39.9. The standard InChI is InChI=1S/C49H83NO5/c1-4-7-10-13-16-19-22-23-24-25-27-28-31-34-37-40-45(55-49(54)42-39-36-33-30-26-20-17-14-11-8-5-2)43-48(53)50-46(44-51)47(52)41-38-35-32-29-21-18-15-12-9-6-3/h7,10,13-14,16-17,19,22-25,27-28,31,45-47,51-52H,4-6,8-9,11-12,15,18,20-21,26,29-30,32-44H2,1-3H3,(H,50,53)/b10-7-,16-13+,17-14-,22-19+,24-23-,27-25+,31-28+. The van der Waals surface area contributed by atoms with Crippen LogP contribution in [0.3, 0.4) is 0 Å². The molecule has 6 heteroatoms. The van der Waals surface area contributed by atoms with E-state index in [1.165, 1.54) is 70.6 Å². The monoisotopic (exact) mass is 766 g/mol. The van der Waals surface area contributed by atoms with Gasteiger partial charge >= 0.3 is 5.97 Å². The maximum atomic E-state index is 13.1. The molecular formula is C49H83NO5. The van der Waals surface area contributed by atoms with E-state index in [0.717, 1.165) is 70.6 Å². The first-order valence-electron chi connectivity index (χ1n) is 22.4. The Labute approximate surface area is 338 Å². The molecule has 0 aliphatic rings. The van der Waals surface area contributed by atoms with E-state index in [0.29, 0.717) is 19.3 Å². The Morgan fingerprint density at radius 1 is 0.545 bits per heavy atom. The topological polar surface area (TPSA) is 95.9 Å². The second-order valence-corrected chi connectivity index (χ2v) is 14.9. The fourth-order valence-corrected chi connectivity index (χ4v) is 6.21. The van der Waals surface area contributed by atoms with Gasteiger partial charge in [-0.1, -0.05) is 202 Å². The predicted octanol–water partition coefficient (Wildman–Crippen LogP) is 12.8. The van der Waals surface area contributed by atoms with Crippen LogP contribution in [0.15, 0.2) is 85.1 Å². The van der Waals surface area contributed by atoms with Crippen LogP contribution in [-0.4, -0.2) is 46.9 Å². The van der Waals surface area contributed by atoms with Crippen molar-refractivity contribution in [2.45, 2.75) is 206 Å². The molecule has 3 N–H and O–H groups in total. The molecule has 0 radical (unpaired) electrons. The van der Waals surface area contributed by atoms with Crippen molar-refractivity contribution in [2.75, 3.05) is 6.61 Å². The molecule has 314 valence electrons.